The first-order chi connectivity index (χ1) is 9.27. The molecule has 1 aromatic carbocycles. The van der Waals surface area contributed by atoms with Gasteiger partial charge < -0.3 is 15.2 Å². The highest BCUT2D eigenvalue weighted by molar-refractivity contribution is 7.88. The van der Waals surface area contributed by atoms with E-state index in [9.17, 15) is 13.8 Å². The van der Waals surface area contributed by atoms with Crippen molar-refractivity contribution in [2.24, 2.45) is 0 Å². The minimum atomic E-state index is -1.81. The number of hydrogen-bond acceptors (Lipinski definition) is 4. The van der Waals surface area contributed by atoms with Gasteiger partial charge in [0, 0.05) is 16.5 Å². The number of methoxy groups -OCH3 is 1. The number of nitrogens with one attached hydrogen (secondary N) is 1. The molecule has 0 fully saturated rings. The Hall–Kier alpha value is -1.89. The summed E-state index contributed by atoms with van der Waals surface area (Å²) in [5, 5.41) is 11.5. The van der Waals surface area contributed by atoms with Gasteiger partial charge in [-0.1, -0.05) is 0 Å². The van der Waals surface area contributed by atoms with Crippen LogP contribution in [0.1, 0.15) is 13.8 Å². The van der Waals surface area contributed by atoms with Crippen molar-refractivity contribution in [3.8, 4) is 5.75 Å². The molecule has 20 heavy (non-hydrogen) atoms. The van der Waals surface area contributed by atoms with Gasteiger partial charge in [-0.05, 0) is 38.1 Å². The lowest BCUT2D eigenvalue weighted by Crippen LogP contribution is -2.40. The van der Waals surface area contributed by atoms with E-state index in [0.717, 1.165) is 0 Å². The number of carbonyl (C=O) groups excluding carboxylic acids is 1. The summed E-state index contributed by atoms with van der Waals surface area (Å²) < 4.78 is 15.4. The van der Waals surface area contributed by atoms with Gasteiger partial charge >= 0.3 is 5.97 Å². The molecule has 7 heteroatoms. The van der Waals surface area contributed by atoms with Crippen LogP contribution in [0.5, 0.6) is 5.75 Å². The number of amides is 1. The van der Waals surface area contributed by atoms with Crippen molar-refractivity contribution in [1.29, 1.82) is 0 Å². The number of carboxylic acids is 1. The van der Waals surface area contributed by atoms with Gasteiger partial charge in [-0.3, -0.25) is 13.8 Å². The van der Waals surface area contributed by atoms with E-state index in [4.69, 9.17) is 9.84 Å². The molecule has 0 bridgehead atoms. The number of anilines is 1. The normalized spacial score (nSPS) is 12.6. The number of benzene rings is 1. The number of rotatable bonds is 6. The first-order valence-corrected chi connectivity index (χ1v) is 7.15. The second kappa shape index (κ2) is 6.51. The van der Waals surface area contributed by atoms with E-state index in [2.05, 4.69) is 5.32 Å². The average molecular weight is 299 g/mol. The molecular weight excluding hydrogens is 282 g/mol. The van der Waals surface area contributed by atoms with Crippen molar-refractivity contribution in [2.45, 2.75) is 18.6 Å². The summed E-state index contributed by atoms with van der Waals surface area (Å²) >= 11 is 0. The van der Waals surface area contributed by atoms with Crippen molar-refractivity contribution in [1.82, 2.24) is 0 Å². The Bertz CT molecular complexity index is 524. The van der Waals surface area contributed by atoms with E-state index in [0.29, 0.717) is 11.4 Å². The van der Waals surface area contributed by atoms with E-state index in [1.54, 1.807) is 24.3 Å². The van der Waals surface area contributed by atoms with Gasteiger partial charge in [0.2, 0.25) is 5.91 Å². The molecule has 1 unspecified atom stereocenters. The summed E-state index contributed by atoms with van der Waals surface area (Å²) in [5.41, 5.74) is 0.529. The maximum absolute atomic E-state index is 11.9. The topological polar surface area (TPSA) is 92.7 Å². The third-order valence-corrected chi connectivity index (χ3v) is 4.56. The second-order valence-corrected chi connectivity index (χ2v) is 6.58. The van der Waals surface area contributed by atoms with Gasteiger partial charge in [-0.2, -0.15) is 0 Å². The predicted molar refractivity (Wildman–Crippen MR) is 76.3 cm³/mol. The maximum Gasteiger partial charge on any atom is 0.321 e. The van der Waals surface area contributed by atoms with Gasteiger partial charge in [0.1, 0.15) is 16.2 Å². The molecule has 0 spiro atoms. The molecule has 2 N–H and O–H groups in total. The Kier molecular flexibility index (Phi) is 5.26. The standard InChI is InChI=1S/C13H17NO5S/c1-13(2,12(16)17)20(18)8-11(15)14-9-4-6-10(19-3)7-5-9/h4-7H,8H2,1-3H3,(H,14,15)(H,16,17). The summed E-state index contributed by atoms with van der Waals surface area (Å²) in [7, 11) is -0.274. The summed E-state index contributed by atoms with van der Waals surface area (Å²) in [6.45, 7) is 2.65. The SMILES string of the molecule is COc1ccc(NC(=O)CS(=O)C(C)(C)C(=O)O)cc1. The minimum Gasteiger partial charge on any atom is -0.497 e. The highest BCUT2D eigenvalue weighted by Crippen LogP contribution is 2.16. The Morgan fingerprint density at radius 3 is 2.30 bits per heavy atom. The van der Waals surface area contributed by atoms with Crippen LogP contribution in [-0.2, 0) is 20.4 Å². The van der Waals surface area contributed by atoms with Gasteiger partial charge in [0.15, 0.2) is 0 Å². The predicted octanol–water partition coefficient (Wildman–Crippen LogP) is 1.25. The minimum absolute atomic E-state index is 0.370. The lowest BCUT2D eigenvalue weighted by Gasteiger charge is -2.18. The molecule has 0 saturated heterocycles. The van der Waals surface area contributed by atoms with Crippen molar-refractivity contribution in [2.75, 3.05) is 18.2 Å². The van der Waals surface area contributed by atoms with Crippen LogP contribution in [0.15, 0.2) is 24.3 Å². The third-order valence-electron chi connectivity index (χ3n) is 2.72. The number of carbonyl (C=O) groups is 2. The highest BCUT2D eigenvalue weighted by atomic mass is 32.2. The summed E-state index contributed by atoms with van der Waals surface area (Å²) in [4.78, 5) is 22.7. The monoisotopic (exact) mass is 299 g/mol. The molecule has 1 aromatic rings. The molecule has 1 atom stereocenters. The Morgan fingerprint density at radius 2 is 1.85 bits per heavy atom. The fourth-order valence-corrected chi connectivity index (χ4v) is 2.13. The lowest BCUT2D eigenvalue weighted by molar-refractivity contribution is -0.139. The van der Waals surface area contributed by atoms with Crippen molar-refractivity contribution >= 4 is 28.4 Å². The molecular formula is C13H17NO5S. The zero-order valence-corrected chi connectivity index (χ0v) is 12.3. The number of carboxylic acid groups (broad SMARTS) is 1. The molecule has 0 aliphatic heterocycles. The van der Waals surface area contributed by atoms with Gasteiger partial charge in [-0.25, -0.2) is 0 Å². The van der Waals surface area contributed by atoms with E-state index in [1.165, 1.54) is 21.0 Å². The van der Waals surface area contributed by atoms with Crippen molar-refractivity contribution in [3.63, 3.8) is 0 Å². The first kappa shape index (κ1) is 16.2. The average Bonchev–Trinajstić information content (AvgIpc) is 2.39. The maximum atomic E-state index is 11.9. The Morgan fingerprint density at radius 1 is 1.30 bits per heavy atom. The summed E-state index contributed by atoms with van der Waals surface area (Å²) in [6, 6.07) is 6.63. The quantitative estimate of drug-likeness (QED) is 0.824. The Labute approximate surface area is 119 Å². The largest absolute Gasteiger partial charge is 0.497 e. The zero-order valence-electron chi connectivity index (χ0n) is 11.5. The van der Waals surface area contributed by atoms with Crippen LogP contribution in [0, 0.1) is 0 Å². The van der Waals surface area contributed by atoms with Crippen LogP contribution in [0.25, 0.3) is 0 Å². The van der Waals surface area contributed by atoms with Crippen LogP contribution in [0.4, 0.5) is 5.69 Å². The molecule has 110 valence electrons. The molecule has 1 amide bonds. The van der Waals surface area contributed by atoms with E-state index in [1.807, 2.05) is 0 Å². The van der Waals surface area contributed by atoms with Crippen LogP contribution in [-0.4, -0.2) is 38.8 Å². The highest BCUT2D eigenvalue weighted by Gasteiger charge is 2.35. The van der Waals surface area contributed by atoms with E-state index in [-0.39, 0.29) is 5.75 Å². The van der Waals surface area contributed by atoms with Crippen LogP contribution < -0.4 is 10.1 Å². The summed E-state index contributed by atoms with van der Waals surface area (Å²) in [5.74, 6) is -1.42. The molecule has 0 saturated carbocycles. The van der Waals surface area contributed by atoms with Crippen molar-refractivity contribution < 1.29 is 23.6 Å². The van der Waals surface area contributed by atoms with Crippen LogP contribution in [0.3, 0.4) is 0 Å². The second-order valence-electron chi connectivity index (χ2n) is 4.58. The fraction of sp³-hybridized carbons (Fsp3) is 0.385. The molecule has 0 radical (unpaired) electrons. The van der Waals surface area contributed by atoms with Crippen molar-refractivity contribution in [3.05, 3.63) is 24.3 Å². The molecule has 0 heterocycles. The number of hydrogen-bond donors (Lipinski definition) is 2. The van der Waals surface area contributed by atoms with E-state index < -0.39 is 27.4 Å². The molecule has 6 nitrogen and oxygen atoms in total. The molecule has 0 aliphatic rings. The zero-order chi connectivity index (χ0) is 15.3. The van der Waals surface area contributed by atoms with Gasteiger partial charge in [-0.15, -0.1) is 0 Å². The van der Waals surface area contributed by atoms with Crippen LogP contribution in [0.2, 0.25) is 0 Å². The first-order valence-electron chi connectivity index (χ1n) is 5.83. The van der Waals surface area contributed by atoms with Gasteiger partial charge in [0.25, 0.3) is 0 Å². The number of aliphatic carboxylic acids is 1. The third kappa shape index (κ3) is 4.06. The molecule has 0 aromatic heterocycles. The number of ether oxygens (including phenoxy) is 1. The van der Waals surface area contributed by atoms with E-state index >= 15 is 0 Å². The summed E-state index contributed by atoms with van der Waals surface area (Å²) in [6.07, 6.45) is 0. The Balaban J connectivity index is 2.63. The van der Waals surface area contributed by atoms with Gasteiger partial charge in [0.05, 0.1) is 7.11 Å². The fourth-order valence-electron chi connectivity index (χ4n) is 1.27. The van der Waals surface area contributed by atoms with Crippen LogP contribution >= 0.6 is 0 Å². The smallest absolute Gasteiger partial charge is 0.321 e. The lowest BCUT2D eigenvalue weighted by atomic mass is 10.2. The molecule has 0 aliphatic carbocycles. The molecule has 1 rings (SSSR count).